The van der Waals surface area contributed by atoms with Crippen LogP contribution in [0.5, 0.6) is 11.5 Å². The minimum atomic E-state index is 0.343. The molecule has 6 nitrogen and oxygen atoms in total. The summed E-state index contributed by atoms with van der Waals surface area (Å²) in [7, 11) is 0. The van der Waals surface area contributed by atoms with Crippen LogP contribution >= 0.6 is 0 Å². The molecule has 154 valence electrons. The van der Waals surface area contributed by atoms with E-state index in [-0.39, 0.29) is 0 Å². The van der Waals surface area contributed by atoms with Crippen molar-refractivity contribution in [1.29, 1.82) is 0 Å². The van der Waals surface area contributed by atoms with Gasteiger partial charge in [0, 0.05) is 58.1 Å². The van der Waals surface area contributed by atoms with Gasteiger partial charge >= 0.3 is 0 Å². The molecule has 0 saturated carbocycles. The molecule has 29 heavy (non-hydrogen) atoms. The van der Waals surface area contributed by atoms with Crippen LogP contribution in [-0.4, -0.2) is 71.8 Å². The second kappa shape index (κ2) is 8.69. The van der Waals surface area contributed by atoms with E-state index in [2.05, 4.69) is 43.9 Å². The molecule has 3 aliphatic rings. The predicted molar refractivity (Wildman–Crippen MR) is 112 cm³/mol. The lowest BCUT2D eigenvalue weighted by Gasteiger charge is -2.43. The third kappa shape index (κ3) is 4.55. The van der Waals surface area contributed by atoms with Gasteiger partial charge in [-0.25, -0.2) is 0 Å². The Hall–Kier alpha value is -2.15. The number of hydrogen-bond donors (Lipinski definition) is 0. The third-order valence-electron chi connectivity index (χ3n) is 6.36. The van der Waals surface area contributed by atoms with Crippen LogP contribution in [0, 0.1) is 0 Å². The molecule has 3 aliphatic heterocycles. The number of pyridine rings is 1. The van der Waals surface area contributed by atoms with Gasteiger partial charge in [0.25, 0.3) is 0 Å². The van der Waals surface area contributed by atoms with Gasteiger partial charge in [0.1, 0.15) is 0 Å². The van der Waals surface area contributed by atoms with E-state index in [4.69, 9.17) is 9.47 Å². The van der Waals surface area contributed by atoms with Gasteiger partial charge in [-0.15, -0.1) is 0 Å². The summed E-state index contributed by atoms with van der Waals surface area (Å²) in [5.41, 5.74) is 2.49. The summed E-state index contributed by atoms with van der Waals surface area (Å²) in [5, 5.41) is 0. The van der Waals surface area contributed by atoms with Crippen LogP contribution in [0.25, 0.3) is 0 Å². The molecule has 2 aromatic rings. The normalized spacial score (nSPS) is 23.4. The van der Waals surface area contributed by atoms with Crippen LogP contribution in [0.15, 0.2) is 42.6 Å². The Morgan fingerprint density at radius 1 is 0.897 bits per heavy atom. The number of piperidine rings is 1. The number of fused-ring (bicyclic) bond motifs is 1. The zero-order valence-electron chi connectivity index (χ0n) is 17.0. The zero-order chi connectivity index (χ0) is 19.5. The van der Waals surface area contributed by atoms with Crippen molar-refractivity contribution in [1.82, 2.24) is 19.7 Å². The maximum absolute atomic E-state index is 5.52. The zero-order valence-corrected chi connectivity index (χ0v) is 17.0. The van der Waals surface area contributed by atoms with Gasteiger partial charge in [-0.1, -0.05) is 12.1 Å². The summed E-state index contributed by atoms with van der Waals surface area (Å²) in [6, 6.07) is 13.2. The average Bonchev–Trinajstić information content (AvgIpc) is 3.23. The molecule has 1 atom stereocenters. The van der Waals surface area contributed by atoms with E-state index in [0.717, 1.165) is 50.8 Å². The highest BCUT2D eigenvalue weighted by Crippen LogP contribution is 2.33. The van der Waals surface area contributed by atoms with Gasteiger partial charge in [0.15, 0.2) is 11.5 Å². The van der Waals surface area contributed by atoms with E-state index in [1.165, 1.54) is 37.2 Å². The standard InChI is InChI=1S/C23H30N4O2/c1-2-8-24-20(4-1)16-26-9-3-5-21(17-26)27-12-10-25(11-13-27)15-19-6-7-22-23(14-19)29-18-28-22/h1-2,4,6-8,14,21H,3,5,9-13,15-18H2/t21-/m1/s1. The number of benzene rings is 1. The van der Waals surface area contributed by atoms with E-state index in [9.17, 15) is 0 Å². The van der Waals surface area contributed by atoms with Crippen molar-refractivity contribution in [2.45, 2.75) is 32.0 Å². The number of piperazine rings is 1. The first-order valence-electron chi connectivity index (χ1n) is 10.8. The first-order chi connectivity index (χ1) is 14.3. The Morgan fingerprint density at radius 3 is 2.66 bits per heavy atom. The minimum Gasteiger partial charge on any atom is -0.454 e. The summed E-state index contributed by atoms with van der Waals surface area (Å²) < 4.78 is 10.9. The quantitative estimate of drug-likeness (QED) is 0.777. The predicted octanol–water partition coefficient (Wildman–Crippen LogP) is 2.59. The molecule has 2 fully saturated rings. The molecule has 1 aromatic heterocycles. The minimum absolute atomic E-state index is 0.343. The topological polar surface area (TPSA) is 41.1 Å². The molecule has 4 heterocycles. The molecule has 5 rings (SSSR count). The van der Waals surface area contributed by atoms with Gasteiger partial charge in [-0.3, -0.25) is 19.7 Å². The first-order valence-corrected chi connectivity index (χ1v) is 10.8. The van der Waals surface area contributed by atoms with Gasteiger partial charge < -0.3 is 9.47 Å². The molecule has 0 unspecified atom stereocenters. The van der Waals surface area contributed by atoms with Crippen LogP contribution in [0.3, 0.4) is 0 Å². The molecule has 0 aliphatic carbocycles. The fourth-order valence-electron chi connectivity index (χ4n) is 4.78. The lowest BCUT2D eigenvalue weighted by molar-refractivity contribution is 0.0474. The SMILES string of the molecule is c1ccc(CN2CCC[C@@H](N3CCN(Cc4ccc5c(c4)OCO5)CC3)C2)nc1. The van der Waals surface area contributed by atoms with Crippen molar-refractivity contribution < 1.29 is 9.47 Å². The van der Waals surface area contributed by atoms with E-state index in [1.54, 1.807) is 0 Å². The van der Waals surface area contributed by atoms with E-state index >= 15 is 0 Å². The first kappa shape index (κ1) is 18.9. The van der Waals surface area contributed by atoms with Gasteiger partial charge in [-0.2, -0.15) is 0 Å². The lowest BCUT2D eigenvalue weighted by atomic mass is 10.0. The second-order valence-corrected chi connectivity index (χ2v) is 8.35. The van der Waals surface area contributed by atoms with E-state index in [1.807, 2.05) is 18.3 Å². The molecular weight excluding hydrogens is 364 g/mol. The molecule has 0 spiro atoms. The van der Waals surface area contributed by atoms with Crippen molar-refractivity contribution >= 4 is 0 Å². The fourth-order valence-corrected chi connectivity index (χ4v) is 4.78. The third-order valence-corrected chi connectivity index (χ3v) is 6.36. The molecule has 0 N–H and O–H groups in total. The van der Waals surface area contributed by atoms with Crippen molar-refractivity contribution in [3.63, 3.8) is 0 Å². The van der Waals surface area contributed by atoms with Crippen molar-refractivity contribution in [3.8, 4) is 11.5 Å². The fraction of sp³-hybridized carbons (Fsp3) is 0.522. The highest BCUT2D eigenvalue weighted by atomic mass is 16.7. The molecule has 2 saturated heterocycles. The van der Waals surface area contributed by atoms with Crippen LogP contribution in [0.1, 0.15) is 24.1 Å². The van der Waals surface area contributed by atoms with Crippen molar-refractivity contribution in [2.75, 3.05) is 46.1 Å². The van der Waals surface area contributed by atoms with Crippen LogP contribution in [0.4, 0.5) is 0 Å². The smallest absolute Gasteiger partial charge is 0.231 e. The number of likely N-dealkylation sites (tertiary alicyclic amines) is 1. The summed E-state index contributed by atoms with van der Waals surface area (Å²) in [6.45, 7) is 9.24. The highest BCUT2D eigenvalue weighted by molar-refractivity contribution is 5.44. The maximum Gasteiger partial charge on any atom is 0.231 e. The van der Waals surface area contributed by atoms with E-state index in [0.29, 0.717) is 12.8 Å². The van der Waals surface area contributed by atoms with Crippen molar-refractivity contribution in [3.05, 3.63) is 53.9 Å². The second-order valence-electron chi connectivity index (χ2n) is 8.35. The summed E-state index contributed by atoms with van der Waals surface area (Å²) in [5.74, 6) is 1.75. The molecule has 0 bridgehead atoms. The number of ether oxygens (including phenoxy) is 2. The number of aromatic nitrogens is 1. The van der Waals surface area contributed by atoms with Crippen LogP contribution in [0.2, 0.25) is 0 Å². The Balaban J connectivity index is 1.11. The summed E-state index contributed by atoms with van der Waals surface area (Å²) >= 11 is 0. The van der Waals surface area contributed by atoms with Crippen LogP contribution < -0.4 is 9.47 Å². The molecular formula is C23H30N4O2. The van der Waals surface area contributed by atoms with Gasteiger partial charge in [-0.05, 0) is 49.2 Å². The monoisotopic (exact) mass is 394 g/mol. The highest BCUT2D eigenvalue weighted by Gasteiger charge is 2.28. The maximum atomic E-state index is 5.52. The molecule has 6 heteroatoms. The summed E-state index contributed by atoms with van der Waals surface area (Å²) in [6.07, 6.45) is 4.51. The molecule has 0 amide bonds. The largest absolute Gasteiger partial charge is 0.454 e. The van der Waals surface area contributed by atoms with E-state index < -0.39 is 0 Å². The Labute approximate surface area is 173 Å². The Morgan fingerprint density at radius 2 is 1.79 bits per heavy atom. The number of rotatable bonds is 5. The molecule has 1 aromatic carbocycles. The average molecular weight is 395 g/mol. The van der Waals surface area contributed by atoms with Crippen LogP contribution in [-0.2, 0) is 13.1 Å². The summed E-state index contributed by atoms with van der Waals surface area (Å²) in [4.78, 5) is 12.3. The number of hydrogen-bond acceptors (Lipinski definition) is 6. The van der Waals surface area contributed by atoms with Crippen molar-refractivity contribution in [2.24, 2.45) is 0 Å². The number of nitrogens with zero attached hydrogens (tertiary/aromatic N) is 4. The van der Waals surface area contributed by atoms with Gasteiger partial charge in [0.2, 0.25) is 6.79 Å². The Bertz CT molecular complexity index is 808. The lowest BCUT2D eigenvalue weighted by Crippen LogP contribution is -2.54. The Kier molecular flexibility index (Phi) is 5.65. The van der Waals surface area contributed by atoms with Gasteiger partial charge in [0.05, 0.1) is 5.69 Å². The molecule has 0 radical (unpaired) electrons.